The highest BCUT2D eigenvalue weighted by Crippen LogP contribution is 2.11. The Balaban J connectivity index is 1.91. The third-order valence-electron chi connectivity index (χ3n) is 2.51. The van der Waals surface area contributed by atoms with Crippen LogP contribution in [0.2, 0.25) is 0 Å². The minimum absolute atomic E-state index is 0.00569. The summed E-state index contributed by atoms with van der Waals surface area (Å²) < 4.78 is 16.2. The summed E-state index contributed by atoms with van der Waals surface area (Å²) in [5, 5.41) is 0. The third kappa shape index (κ3) is 2.79. The van der Waals surface area contributed by atoms with E-state index >= 15 is 0 Å². The number of ether oxygens (including phenoxy) is 2. The maximum atomic E-state index is 5.57. The Morgan fingerprint density at radius 1 is 1.53 bits per heavy atom. The first-order chi connectivity index (χ1) is 7.40. The van der Waals surface area contributed by atoms with Crippen molar-refractivity contribution in [1.29, 1.82) is 0 Å². The Hall–Kier alpha value is -0.880. The zero-order valence-corrected chi connectivity index (χ0v) is 8.52. The maximum absolute atomic E-state index is 5.57. The molecule has 3 N–H and O–H groups in total. The van der Waals surface area contributed by atoms with Crippen LogP contribution >= 0.6 is 0 Å². The van der Waals surface area contributed by atoms with E-state index in [1.165, 1.54) is 0 Å². The molecule has 84 valence electrons. The zero-order valence-electron chi connectivity index (χ0n) is 8.52. The van der Waals surface area contributed by atoms with E-state index in [1.54, 1.807) is 6.26 Å². The molecule has 0 spiro atoms. The molecule has 5 heteroatoms. The summed E-state index contributed by atoms with van der Waals surface area (Å²) in [6, 6.07) is 3.81. The minimum Gasteiger partial charge on any atom is -0.469 e. The van der Waals surface area contributed by atoms with E-state index in [2.05, 4.69) is 5.43 Å². The van der Waals surface area contributed by atoms with Gasteiger partial charge in [0.05, 0.1) is 38.2 Å². The second-order valence-corrected chi connectivity index (χ2v) is 3.54. The lowest BCUT2D eigenvalue weighted by atomic mass is 10.1. The highest BCUT2D eigenvalue weighted by atomic mass is 16.6. The molecule has 2 heterocycles. The summed E-state index contributed by atoms with van der Waals surface area (Å²) >= 11 is 0. The van der Waals surface area contributed by atoms with E-state index in [9.17, 15) is 0 Å². The molecule has 1 saturated heterocycles. The summed E-state index contributed by atoms with van der Waals surface area (Å²) in [5.74, 6) is 6.39. The average molecular weight is 212 g/mol. The molecular weight excluding hydrogens is 196 g/mol. The molecule has 1 aromatic heterocycles. The largest absolute Gasteiger partial charge is 0.469 e. The monoisotopic (exact) mass is 212 g/mol. The van der Waals surface area contributed by atoms with Crippen LogP contribution in [0.15, 0.2) is 22.8 Å². The van der Waals surface area contributed by atoms with Crippen molar-refractivity contribution in [3.05, 3.63) is 24.2 Å². The van der Waals surface area contributed by atoms with Gasteiger partial charge in [-0.1, -0.05) is 0 Å². The SMILES string of the molecule is NNC(Cc1ccco1)C1COCCO1. The molecule has 2 rings (SSSR count). The van der Waals surface area contributed by atoms with Crippen LogP contribution < -0.4 is 11.3 Å². The van der Waals surface area contributed by atoms with Gasteiger partial charge < -0.3 is 13.9 Å². The fourth-order valence-electron chi connectivity index (χ4n) is 1.68. The molecule has 0 aliphatic carbocycles. The van der Waals surface area contributed by atoms with E-state index in [4.69, 9.17) is 19.7 Å². The summed E-state index contributed by atoms with van der Waals surface area (Å²) in [7, 11) is 0. The summed E-state index contributed by atoms with van der Waals surface area (Å²) in [4.78, 5) is 0. The Morgan fingerprint density at radius 3 is 3.07 bits per heavy atom. The Labute approximate surface area is 88.5 Å². The lowest BCUT2D eigenvalue weighted by Crippen LogP contribution is -2.50. The van der Waals surface area contributed by atoms with Gasteiger partial charge in [0.15, 0.2) is 0 Å². The summed E-state index contributed by atoms with van der Waals surface area (Å²) in [5.41, 5.74) is 2.75. The first-order valence-corrected chi connectivity index (χ1v) is 5.08. The van der Waals surface area contributed by atoms with Crippen LogP contribution in [0, 0.1) is 0 Å². The molecule has 1 fully saturated rings. The van der Waals surface area contributed by atoms with Crippen molar-refractivity contribution in [2.24, 2.45) is 5.84 Å². The van der Waals surface area contributed by atoms with Gasteiger partial charge in [0.1, 0.15) is 5.76 Å². The van der Waals surface area contributed by atoms with Gasteiger partial charge in [0.2, 0.25) is 0 Å². The van der Waals surface area contributed by atoms with Crippen LogP contribution in [-0.4, -0.2) is 32.0 Å². The maximum Gasteiger partial charge on any atom is 0.105 e. The molecule has 2 unspecified atom stereocenters. The molecule has 5 nitrogen and oxygen atoms in total. The Bertz CT molecular complexity index is 270. The van der Waals surface area contributed by atoms with Crippen molar-refractivity contribution < 1.29 is 13.9 Å². The number of nitrogens with one attached hydrogen (secondary N) is 1. The van der Waals surface area contributed by atoms with Gasteiger partial charge in [-0.25, -0.2) is 0 Å². The smallest absolute Gasteiger partial charge is 0.105 e. The molecule has 0 aromatic carbocycles. The van der Waals surface area contributed by atoms with Crippen molar-refractivity contribution in [3.8, 4) is 0 Å². The minimum atomic E-state index is -0.00569. The van der Waals surface area contributed by atoms with Crippen molar-refractivity contribution >= 4 is 0 Å². The second-order valence-electron chi connectivity index (χ2n) is 3.54. The predicted molar refractivity (Wildman–Crippen MR) is 54.1 cm³/mol. The molecule has 1 aliphatic rings. The topological polar surface area (TPSA) is 69.7 Å². The number of hydrogen-bond donors (Lipinski definition) is 2. The van der Waals surface area contributed by atoms with E-state index in [0.29, 0.717) is 26.2 Å². The van der Waals surface area contributed by atoms with Crippen LogP contribution in [0.3, 0.4) is 0 Å². The first kappa shape index (κ1) is 10.6. The van der Waals surface area contributed by atoms with E-state index in [-0.39, 0.29) is 12.1 Å². The molecule has 0 radical (unpaired) electrons. The first-order valence-electron chi connectivity index (χ1n) is 5.08. The quantitative estimate of drug-likeness (QED) is 0.546. The van der Waals surface area contributed by atoms with Crippen LogP contribution in [0.25, 0.3) is 0 Å². The van der Waals surface area contributed by atoms with E-state index in [0.717, 1.165) is 5.76 Å². The number of hydrazine groups is 1. The van der Waals surface area contributed by atoms with Crippen LogP contribution in [0.5, 0.6) is 0 Å². The highest BCUT2D eigenvalue weighted by molar-refractivity contribution is 5.01. The zero-order chi connectivity index (χ0) is 10.5. The molecule has 0 saturated carbocycles. The summed E-state index contributed by atoms with van der Waals surface area (Å²) in [6.07, 6.45) is 2.35. The van der Waals surface area contributed by atoms with Crippen molar-refractivity contribution in [2.75, 3.05) is 19.8 Å². The van der Waals surface area contributed by atoms with Crippen molar-refractivity contribution in [2.45, 2.75) is 18.6 Å². The van der Waals surface area contributed by atoms with Crippen LogP contribution in [0.4, 0.5) is 0 Å². The average Bonchev–Trinajstić information content (AvgIpc) is 2.80. The van der Waals surface area contributed by atoms with Gasteiger partial charge in [-0.05, 0) is 12.1 Å². The highest BCUT2D eigenvalue weighted by Gasteiger charge is 2.25. The van der Waals surface area contributed by atoms with Crippen LogP contribution in [0.1, 0.15) is 5.76 Å². The standard InChI is InChI=1S/C10H16N2O3/c11-12-9(6-8-2-1-3-14-8)10-7-13-4-5-15-10/h1-3,9-10,12H,4-7,11H2. The Kier molecular flexibility index (Phi) is 3.74. The molecule has 0 amide bonds. The molecule has 2 atom stereocenters. The second kappa shape index (κ2) is 5.27. The number of furan rings is 1. The molecule has 1 aliphatic heterocycles. The lowest BCUT2D eigenvalue weighted by Gasteiger charge is -2.29. The van der Waals surface area contributed by atoms with E-state index < -0.39 is 0 Å². The van der Waals surface area contributed by atoms with Gasteiger partial charge in [-0.15, -0.1) is 0 Å². The van der Waals surface area contributed by atoms with Crippen molar-refractivity contribution in [1.82, 2.24) is 5.43 Å². The van der Waals surface area contributed by atoms with Gasteiger partial charge in [-0.2, -0.15) is 0 Å². The number of rotatable bonds is 4. The van der Waals surface area contributed by atoms with Gasteiger partial charge in [0.25, 0.3) is 0 Å². The third-order valence-corrected chi connectivity index (χ3v) is 2.51. The number of nitrogens with two attached hydrogens (primary N) is 1. The van der Waals surface area contributed by atoms with E-state index in [1.807, 2.05) is 12.1 Å². The predicted octanol–water partition coefficient (Wildman–Crippen LogP) is 0.0694. The van der Waals surface area contributed by atoms with Gasteiger partial charge in [0, 0.05) is 6.42 Å². The molecular formula is C10H16N2O3. The summed E-state index contributed by atoms with van der Waals surface area (Å²) in [6.45, 7) is 1.87. The molecule has 1 aromatic rings. The fourth-order valence-corrected chi connectivity index (χ4v) is 1.68. The van der Waals surface area contributed by atoms with Crippen molar-refractivity contribution in [3.63, 3.8) is 0 Å². The lowest BCUT2D eigenvalue weighted by molar-refractivity contribution is -0.102. The molecule has 15 heavy (non-hydrogen) atoms. The number of hydrogen-bond acceptors (Lipinski definition) is 5. The Morgan fingerprint density at radius 2 is 2.47 bits per heavy atom. The fraction of sp³-hybridized carbons (Fsp3) is 0.600. The van der Waals surface area contributed by atoms with Gasteiger partial charge in [-0.3, -0.25) is 11.3 Å². The van der Waals surface area contributed by atoms with Crippen LogP contribution in [-0.2, 0) is 15.9 Å². The van der Waals surface area contributed by atoms with Gasteiger partial charge >= 0.3 is 0 Å². The molecule has 0 bridgehead atoms. The normalized spacial score (nSPS) is 23.9.